The smallest absolute Gasteiger partial charge is 0.351 e. The summed E-state index contributed by atoms with van der Waals surface area (Å²) in [7, 11) is 0. The zero-order chi connectivity index (χ0) is 30.6. The number of unbranched alkanes of at least 4 members (excludes halogenated alkanes) is 13. The van der Waals surface area contributed by atoms with Gasteiger partial charge in [-0.05, 0) is 31.9 Å². The first kappa shape index (κ1) is 35.9. The summed E-state index contributed by atoms with van der Waals surface area (Å²) in [4.78, 5) is 40.9. The number of amides is 1. The summed E-state index contributed by atoms with van der Waals surface area (Å²) >= 11 is 0. The summed E-state index contributed by atoms with van der Waals surface area (Å²) in [5.41, 5.74) is 10.7. The first-order chi connectivity index (χ1) is 20.3. The van der Waals surface area contributed by atoms with E-state index in [9.17, 15) is 19.5 Å². The second-order valence-electron chi connectivity index (χ2n) is 11.5. The third-order valence-corrected chi connectivity index (χ3v) is 7.79. The molecule has 1 amide bonds. The minimum Gasteiger partial charge on any atom is -0.463 e. The van der Waals surface area contributed by atoms with Gasteiger partial charge in [0, 0.05) is 19.0 Å². The van der Waals surface area contributed by atoms with E-state index >= 15 is 0 Å². The first-order valence-electron chi connectivity index (χ1n) is 16.2. The number of aliphatic hydroxyl groups excluding tert-OH is 1. The monoisotopic (exact) mass is 593 g/mol. The average Bonchev–Trinajstić information content (AvgIpc) is 3.34. The van der Waals surface area contributed by atoms with Crippen LogP contribution >= 0.6 is 0 Å². The average molecular weight is 594 g/mol. The van der Waals surface area contributed by atoms with Gasteiger partial charge < -0.3 is 31.4 Å². The number of hydrogen-bond acceptors (Lipinski definition) is 9. The summed E-state index contributed by atoms with van der Waals surface area (Å²) < 4.78 is 12.4. The summed E-state index contributed by atoms with van der Waals surface area (Å²) in [6.45, 7) is 2.71. The van der Waals surface area contributed by atoms with Crippen molar-refractivity contribution in [3.63, 3.8) is 0 Å². The van der Waals surface area contributed by atoms with E-state index in [-0.39, 0.29) is 24.8 Å². The Hall–Kier alpha value is -2.34. The number of nitrogens with two attached hydrogens (primary N) is 2. The van der Waals surface area contributed by atoms with Crippen molar-refractivity contribution in [2.24, 2.45) is 11.5 Å². The number of carbonyl (C=O) groups is 2. The number of aromatic nitrogens is 2. The van der Waals surface area contributed by atoms with E-state index in [1.54, 1.807) is 0 Å². The van der Waals surface area contributed by atoms with E-state index in [1.165, 1.54) is 81.0 Å². The highest BCUT2D eigenvalue weighted by Crippen LogP contribution is 2.28. The van der Waals surface area contributed by atoms with Crippen molar-refractivity contribution in [2.75, 3.05) is 18.5 Å². The molecule has 4 atom stereocenters. The molecule has 2 heterocycles. The van der Waals surface area contributed by atoms with Crippen LogP contribution in [0.1, 0.15) is 129 Å². The Balaban J connectivity index is 1.60. The van der Waals surface area contributed by atoms with Gasteiger partial charge in [-0.25, -0.2) is 4.79 Å². The Morgan fingerprint density at radius 3 is 2.26 bits per heavy atom. The summed E-state index contributed by atoms with van der Waals surface area (Å²) in [6.07, 6.45) is 17.7. The largest absolute Gasteiger partial charge is 0.463 e. The third-order valence-electron chi connectivity index (χ3n) is 7.79. The Morgan fingerprint density at radius 1 is 1.05 bits per heavy atom. The normalized spacial score (nSPS) is 19.1. The molecular formula is C31H55N5O6. The summed E-state index contributed by atoms with van der Waals surface area (Å²) in [6, 6.07) is 0.757. The van der Waals surface area contributed by atoms with Gasteiger partial charge in [0.15, 0.2) is 0 Å². The van der Waals surface area contributed by atoms with E-state index in [2.05, 4.69) is 17.2 Å². The highest BCUT2D eigenvalue weighted by Gasteiger charge is 2.36. The fourth-order valence-corrected chi connectivity index (χ4v) is 5.13. The summed E-state index contributed by atoms with van der Waals surface area (Å²) in [5.74, 6) is -0.643. The van der Waals surface area contributed by atoms with Gasteiger partial charge in [0.2, 0.25) is 5.91 Å². The predicted octanol–water partition coefficient (Wildman–Crippen LogP) is 4.31. The number of carbonyl (C=O) groups excluding carboxylic acids is 2. The zero-order valence-electron chi connectivity index (χ0n) is 25.6. The number of nitrogens with one attached hydrogen (secondary N) is 1. The van der Waals surface area contributed by atoms with Crippen LogP contribution in [0.25, 0.3) is 0 Å². The molecule has 2 rings (SSSR count). The third kappa shape index (κ3) is 14.2. The molecule has 6 N–H and O–H groups in total. The topological polar surface area (TPSA) is 172 Å². The van der Waals surface area contributed by atoms with Gasteiger partial charge in [-0.15, -0.1) is 0 Å². The van der Waals surface area contributed by atoms with Gasteiger partial charge in [0.05, 0.1) is 12.1 Å². The van der Waals surface area contributed by atoms with Crippen LogP contribution in [0.4, 0.5) is 5.82 Å². The molecule has 1 fully saturated rings. The molecule has 0 unspecified atom stereocenters. The van der Waals surface area contributed by atoms with Crippen molar-refractivity contribution < 1.29 is 24.2 Å². The van der Waals surface area contributed by atoms with Crippen LogP contribution in [0.15, 0.2) is 17.1 Å². The molecule has 42 heavy (non-hydrogen) atoms. The van der Waals surface area contributed by atoms with Crippen LogP contribution in [0, 0.1) is 0 Å². The second-order valence-corrected chi connectivity index (χ2v) is 11.5. The summed E-state index contributed by atoms with van der Waals surface area (Å²) in [5, 5.41) is 13.0. The van der Waals surface area contributed by atoms with Gasteiger partial charge in [-0.1, -0.05) is 90.4 Å². The van der Waals surface area contributed by atoms with Crippen LogP contribution in [0.2, 0.25) is 0 Å². The highest BCUT2D eigenvalue weighted by molar-refractivity contribution is 5.93. The Labute approximate surface area is 251 Å². The van der Waals surface area contributed by atoms with Gasteiger partial charge in [-0.2, -0.15) is 4.98 Å². The lowest BCUT2D eigenvalue weighted by Crippen LogP contribution is -2.37. The van der Waals surface area contributed by atoms with Crippen molar-refractivity contribution in [3.8, 4) is 0 Å². The van der Waals surface area contributed by atoms with Gasteiger partial charge in [0.25, 0.3) is 0 Å². The van der Waals surface area contributed by atoms with E-state index < -0.39 is 36.1 Å². The molecule has 0 aromatic carbocycles. The molecule has 0 aliphatic carbocycles. The van der Waals surface area contributed by atoms with E-state index in [0.29, 0.717) is 19.4 Å². The molecule has 1 saturated heterocycles. The zero-order valence-corrected chi connectivity index (χ0v) is 25.6. The van der Waals surface area contributed by atoms with Crippen LogP contribution in [0.3, 0.4) is 0 Å². The first-order valence-corrected chi connectivity index (χ1v) is 16.2. The molecule has 11 heteroatoms. The number of ether oxygens (including phenoxy) is 2. The Morgan fingerprint density at radius 2 is 1.67 bits per heavy atom. The number of anilines is 1. The quantitative estimate of drug-likeness (QED) is 0.107. The molecule has 1 aliphatic heterocycles. The number of aliphatic hydroxyl groups is 1. The second kappa shape index (κ2) is 21.4. The van der Waals surface area contributed by atoms with E-state index in [4.69, 9.17) is 20.9 Å². The number of rotatable bonds is 23. The SMILES string of the molecule is CCCCCCCCCCCCCCCC(=O)OC[C@H]1O[C@@H](n2ccc(NC(=O)[C@@H](N)CCCCN)nc2=O)C[C@@H]1O. The molecule has 0 radical (unpaired) electrons. The fourth-order valence-electron chi connectivity index (χ4n) is 5.13. The van der Waals surface area contributed by atoms with Crippen molar-refractivity contribution in [3.05, 3.63) is 22.7 Å². The molecule has 1 aromatic heterocycles. The van der Waals surface area contributed by atoms with Gasteiger partial charge in [-0.3, -0.25) is 14.2 Å². The molecule has 1 aromatic rings. The number of nitrogens with zero attached hydrogens (tertiary/aromatic N) is 2. The molecular weight excluding hydrogens is 538 g/mol. The predicted molar refractivity (Wildman–Crippen MR) is 164 cm³/mol. The van der Waals surface area contributed by atoms with Crippen molar-refractivity contribution in [1.29, 1.82) is 0 Å². The fraction of sp³-hybridized carbons (Fsp3) is 0.806. The van der Waals surface area contributed by atoms with Crippen LogP contribution < -0.4 is 22.5 Å². The molecule has 11 nitrogen and oxygen atoms in total. The van der Waals surface area contributed by atoms with Crippen molar-refractivity contribution >= 4 is 17.7 Å². The van der Waals surface area contributed by atoms with Crippen LogP contribution in [-0.2, 0) is 19.1 Å². The minimum atomic E-state index is -0.892. The maximum Gasteiger partial charge on any atom is 0.351 e. The molecule has 240 valence electrons. The number of esters is 1. The Bertz CT molecular complexity index is 958. The maximum atomic E-state index is 12.6. The molecule has 1 aliphatic rings. The lowest BCUT2D eigenvalue weighted by Gasteiger charge is -2.16. The Kier molecular flexibility index (Phi) is 18.2. The standard InChI is InChI=1S/C31H55N5O6/c1-2-3-4-5-6-7-8-9-10-11-12-13-14-18-29(38)41-23-26-25(37)22-28(42-26)36-21-19-27(35-31(36)40)34-30(39)24(33)17-15-16-20-32/h19,21,24-26,28,37H,2-18,20,22-23,32-33H2,1H3,(H,34,35,39,40)/t24-,25-,26+,28+/m0/s1. The van der Waals surface area contributed by atoms with Crippen LogP contribution in [-0.4, -0.2) is 57.9 Å². The van der Waals surface area contributed by atoms with E-state index in [0.717, 1.165) is 32.1 Å². The van der Waals surface area contributed by atoms with Crippen molar-refractivity contribution in [2.45, 2.75) is 147 Å². The lowest BCUT2D eigenvalue weighted by atomic mass is 10.0. The highest BCUT2D eigenvalue weighted by atomic mass is 16.6. The molecule has 0 saturated carbocycles. The molecule has 0 spiro atoms. The number of hydrogen-bond donors (Lipinski definition) is 4. The van der Waals surface area contributed by atoms with Gasteiger partial charge in [0.1, 0.15) is 24.8 Å². The van der Waals surface area contributed by atoms with E-state index in [1.807, 2.05) is 0 Å². The minimum absolute atomic E-state index is 0.0761. The van der Waals surface area contributed by atoms with Crippen LogP contribution in [0.5, 0.6) is 0 Å². The lowest BCUT2D eigenvalue weighted by molar-refractivity contribution is -0.150. The molecule has 0 bridgehead atoms. The van der Waals surface area contributed by atoms with Gasteiger partial charge >= 0.3 is 11.7 Å². The maximum absolute atomic E-state index is 12.6. The van der Waals surface area contributed by atoms with Crippen molar-refractivity contribution in [1.82, 2.24) is 9.55 Å².